The van der Waals surface area contributed by atoms with E-state index in [1.807, 2.05) is 33.8 Å². The second kappa shape index (κ2) is 8.03. The standard InChI is InChI=1S/C26H40O5Si/c1-24(2,3)32(8,9)31-21-18(15-17-13-11-10-12-14-17)19-16-27-25(4,5)28-20(19)22-23(21)30-26(6,7)29-22/h10-15,19-23H,16H2,1-9H3/b18-15-/t19-,20+,21+,22-,23+/m0/s1. The van der Waals surface area contributed by atoms with Gasteiger partial charge in [0.15, 0.2) is 19.9 Å². The molecule has 0 unspecified atom stereocenters. The first-order valence-corrected chi connectivity index (χ1v) is 14.7. The molecule has 1 aliphatic carbocycles. The van der Waals surface area contributed by atoms with Crippen LogP contribution in [0.1, 0.15) is 54.0 Å². The Hall–Kier alpha value is -1.02. The van der Waals surface area contributed by atoms with Gasteiger partial charge in [-0.15, -0.1) is 0 Å². The van der Waals surface area contributed by atoms with Crippen LogP contribution in [0.3, 0.4) is 0 Å². The monoisotopic (exact) mass is 460 g/mol. The Morgan fingerprint density at radius 1 is 0.906 bits per heavy atom. The number of fused-ring (bicyclic) bond motifs is 3. The molecule has 4 rings (SSSR count). The Labute approximate surface area is 194 Å². The van der Waals surface area contributed by atoms with Crippen molar-refractivity contribution in [1.82, 2.24) is 0 Å². The van der Waals surface area contributed by atoms with Gasteiger partial charge in [0, 0.05) is 5.92 Å². The highest BCUT2D eigenvalue weighted by molar-refractivity contribution is 6.74. The highest BCUT2D eigenvalue weighted by Crippen LogP contribution is 2.50. The molecule has 0 radical (unpaired) electrons. The van der Waals surface area contributed by atoms with Crippen molar-refractivity contribution < 1.29 is 23.4 Å². The average molecular weight is 461 g/mol. The Kier molecular flexibility index (Phi) is 6.05. The summed E-state index contributed by atoms with van der Waals surface area (Å²) in [6.07, 6.45) is 1.45. The van der Waals surface area contributed by atoms with Crippen molar-refractivity contribution in [2.45, 2.75) is 103 Å². The van der Waals surface area contributed by atoms with Crippen LogP contribution in [-0.2, 0) is 23.4 Å². The molecule has 32 heavy (non-hydrogen) atoms. The van der Waals surface area contributed by atoms with Gasteiger partial charge < -0.3 is 23.4 Å². The number of rotatable bonds is 3. The summed E-state index contributed by atoms with van der Waals surface area (Å²) in [5.74, 6) is -1.31. The first kappa shape index (κ1) is 24.1. The number of hydrogen-bond acceptors (Lipinski definition) is 5. The van der Waals surface area contributed by atoms with E-state index in [9.17, 15) is 0 Å². The van der Waals surface area contributed by atoms with Crippen molar-refractivity contribution >= 4 is 14.4 Å². The maximum absolute atomic E-state index is 7.09. The molecule has 0 amide bonds. The van der Waals surface area contributed by atoms with Gasteiger partial charge in [-0.1, -0.05) is 57.2 Å². The summed E-state index contributed by atoms with van der Waals surface area (Å²) in [4.78, 5) is 0. The highest BCUT2D eigenvalue weighted by Gasteiger charge is 2.60. The van der Waals surface area contributed by atoms with Crippen LogP contribution in [-0.4, -0.2) is 50.9 Å². The molecule has 5 atom stereocenters. The lowest BCUT2D eigenvalue weighted by atomic mass is 9.75. The van der Waals surface area contributed by atoms with E-state index >= 15 is 0 Å². The first-order chi connectivity index (χ1) is 14.7. The molecule has 1 saturated carbocycles. The molecule has 0 aromatic heterocycles. The van der Waals surface area contributed by atoms with Crippen molar-refractivity contribution in [1.29, 1.82) is 0 Å². The normalized spacial score (nSPS) is 35.4. The smallest absolute Gasteiger partial charge is 0.193 e. The summed E-state index contributed by atoms with van der Waals surface area (Å²) in [6, 6.07) is 10.4. The van der Waals surface area contributed by atoms with Gasteiger partial charge in [0.1, 0.15) is 12.2 Å². The van der Waals surface area contributed by atoms with Crippen molar-refractivity contribution in [2.24, 2.45) is 5.92 Å². The molecular weight excluding hydrogens is 420 g/mol. The van der Waals surface area contributed by atoms with Crippen LogP contribution < -0.4 is 0 Å². The fraction of sp³-hybridized carbons (Fsp3) is 0.692. The van der Waals surface area contributed by atoms with E-state index in [0.717, 1.165) is 5.56 Å². The predicted octanol–water partition coefficient (Wildman–Crippen LogP) is 5.76. The van der Waals surface area contributed by atoms with E-state index in [-0.39, 0.29) is 35.4 Å². The Morgan fingerprint density at radius 3 is 2.12 bits per heavy atom. The van der Waals surface area contributed by atoms with Crippen LogP contribution >= 0.6 is 0 Å². The van der Waals surface area contributed by atoms with Crippen molar-refractivity contribution in [3.05, 3.63) is 41.5 Å². The third-order valence-corrected chi connectivity index (χ3v) is 11.8. The molecule has 0 bridgehead atoms. The molecule has 1 aromatic rings. The summed E-state index contributed by atoms with van der Waals surface area (Å²) in [5, 5.41) is 0.0771. The van der Waals surface area contributed by atoms with Crippen molar-refractivity contribution in [3.8, 4) is 0 Å². The average Bonchev–Trinajstić information content (AvgIpc) is 2.99. The van der Waals surface area contributed by atoms with Crippen molar-refractivity contribution in [2.75, 3.05) is 6.61 Å². The maximum atomic E-state index is 7.09. The lowest BCUT2D eigenvalue weighted by Crippen LogP contribution is -2.63. The third-order valence-electron chi connectivity index (χ3n) is 7.33. The van der Waals surface area contributed by atoms with Gasteiger partial charge in [-0.2, -0.15) is 0 Å². The van der Waals surface area contributed by atoms with E-state index in [4.69, 9.17) is 23.4 Å². The fourth-order valence-corrected chi connectivity index (χ4v) is 5.94. The Balaban J connectivity index is 1.82. The molecule has 2 aliphatic heterocycles. The Bertz CT molecular complexity index is 855. The second-order valence-electron chi connectivity index (χ2n) is 11.8. The quantitative estimate of drug-likeness (QED) is 0.537. The molecule has 0 spiro atoms. The minimum Gasteiger partial charge on any atom is -0.407 e. The molecule has 1 aromatic carbocycles. The summed E-state index contributed by atoms with van der Waals surface area (Å²) in [7, 11) is -2.10. The van der Waals surface area contributed by atoms with Crippen LogP contribution in [0.5, 0.6) is 0 Å². The van der Waals surface area contributed by atoms with Gasteiger partial charge in [0.05, 0.1) is 18.8 Å². The van der Waals surface area contributed by atoms with Crippen molar-refractivity contribution in [3.63, 3.8) is 0 Å². The second-order valence-corrected chi connectivity index (χ2v) is 16.6. The lowest BCUT2D eigenvalue weighted by Gasteiger charge is -2.52. The topological polar surface area (TPSA) is 46.2 Å². The van der Waals surface area contributed by atoms with Gasteiger partial charge in [0.25, 0.3) is 0 Å². The maximum Gasteiger partial charge on any atom is 0.193 e. The van der Waals surface area contributed by atoms with Gasteiger partial charge in [-0.05, 0) is 57.0 Å². The minimum absolute atomic E-state index is 0.0387. The molecule has 5 nitrogen and oxygen atoms in total. The van der Waals surface area contributed by atoms with Gasteiger partial charge in [0.2, 0.25) is 0 Å². The third kappa shape index (κ3) is 4.63. The van der Waals surface area contributed by atoms with Gasteiger partial charge >= 0.3 is 0 Å². The van der Waals surface area contributed by atoms with Gasteiger partial charge in [-0.3, -0.25) is 0 Å². The number of benzene rings is 1. The van der Waals surface area contributed by atoms with Crippen LogP contribution in [0.15, 0.2) is 35.9 Å². The molecule has 178 valence electrons. The molecule has 6 heteroatoms. The summed E-state index contributed by atoms with van der Waals surface area (Å²) in [6.45, 7) is 19.9. The minimum atomic E-state index is -2.10. The molecule has 3 aliphatic rings. The molecule has 2 heterocycles. The number of hydrogen-bond donors (Lipinski definition) is 0. The zero-order valence-corrected chi connectivity index (χ0v) is 22.1. The van der Waals surface area contributed by atoms with Gasteiger partial charge in [-0.25, -0.2) is 0 Å². The Morgan fingerprint density at radius 2 is 1.50 bits per heavy atom. The van der Waals surface area contributed by atoms with Crippen LogP contribution in [0.25, 0.3) is 6.08 Å². The van der Waals surface area contributed by atoms with Crippen LogP contribution in [0, 0.1) is 5.92 Å². The first-order valence-electron chi connectivity index (χ1n) is 11.8. The van der Waals surface area contributed by atoms with E-state index in [1.165, 1.54) is 5.57 Å². The SMILES string of the molecule is CC1(C)O[C@@H]2[C@H](O1)[C@H](O[Si](C)(C)C(C)(C)C)/C(=C\c1ccccc1)[C@@H]1COC(C)(C)O[C@@H]21. The summed E-state index contributed by atoms with van der Waals surface area (Å²) in [5.41, 5.74) is 2.33. The van der Waals surface area contributed by atoms with E-state index < -0.39 is 19.9 Å². The number of ether oxygens (including phenoxy) is 4. The van der Waals surface area contributed by atoms with E-state index in [2.05, 4.69) is 64.2 Å². The molecule has 2 saturated heterocycles. The summed E-state index contributed by atoms with van der Waals surface area (Å²) >= 11 is 0. The highest BCUT2D eigenvalue weighted by atomic mass is 28.4. The molecular formula is C26H40O5Si. The zero-order valence-electron chi connectivity index (χ0n) is 21.1. The lowest BCUT2D eigenvalue weighted by molar-refractivity contribution is -0.313. The van der Waals surface area contributed by atoms with E-state index in [0.29, 0.717) is 6.61 Å². The molecule has 3 fully saturated rings. The zero-order chi connectivity index (χ0) is 23.5. The van der Waals surface area contributed by atoms with Crippen LogP contribution in [0.4, 0.5) is 0 Å². The van der Waals surface area contributed by atoms with Crippen LogP contribution in [0.2, 0.25) is 18.1 Å². The molecule has 0 N–H and O–H groups in total. The predicted molar refractivity (Wildman–Crippen MR) is 129 cm³/mol. The van der Waals surface area contributed by atoms with E-state index in [1.54, 1.807) is 0 Å². The largest absolute Gasteiger partial charge is 0.407 e. The fourth-order valence-electron chi connectivity index (χ4n) is 4.68. The summed E-state index contributed by atoms with van der Waals surface area (Å²) < 4.78 is 32.7.